The minimum Gasteiger partial charge on any atom is -0.480 e. The van der Waals surface area contributed by atoms with Gasteiger partial charge in [0.05, 0.1) is 6.61 Å². The minimum atomic E-state index is -1.03. The first-order valence-corrected chi connectivity index (χ1v) is 8.26. The van der Waals surface area contributed by atoms with Crippen LogP contribution in [0.5, 0.6) is 0 Å². The normalized spacial score (nSPS) is 11.7. The van der Waals surface area contributed by atoms with E-state index in [1.807, 2.05) is 60.7 Å². The Kier molecular flexibility index (Phi) is 7.16. The molecule has 0 heterocycles. The van der Waals surface area contributed by atoms with Gasteiger partial charge in [-0.1, -0.05) is 60.7 Å². The standard InChI is InChI=1S/C20H23NO4/c1-16(20(23)24)21(14-18-10-6-3-7-11-18)19(22)15-25-13-12-17-8-4-2-5-9-17/h2-11,16H,12-15H2,1H3,(H,23,24). The molecule has 1 N–H and O–H groups in total. The Balaban J connectivity index is 1.89. The fraction of sp³-hybridized carbons (Fsp3) is 0.300. The number of rotatable bonds is 9. The van der Waals surface area contributed by atoms with Crippen LogP contribution in [0.2, 0.25) is 0 Å². The summed E-state index contributed by atoms with van der Waals surface area (Å²) in [5, 5.41) is 9.26. The molecule has 0 spiro atoms. The summed E-state index contributed by atoms with van der Waals surface area (Å²) >= 11 is 0. The van der Waals surface area contributed by atoms with Crippen LogP contribution in [-0.2, 0) is 27.3 Å². The van der Waals surface area contributed by atoms with E-state index < -0.39 is 12.0 Å². The lowest BCUT2D eigenvalue weighted by atomic mass is 10.1. The second kappa shape index (κ2) is 9.59. The van der Waals surface area contributed by atoms with Gasteiger partial charge in [0.1, 0.15) is 12.6 Å². The zero-order valence-electron chi connectivity index (χ0n) is 14.3. The fourth-order valence-electron chi connectivity index (χ4n) is 2.43. The maximum absolute atomic E-state index is 12.4. The van der Waals surface area contributed by atoms with Crippen LogP contribution in [0.1, 0.15) is 18.1 Å². The summed E-state index contributed by atoms with van der Waals surface area (Å²) in [5.74, 6) is -1.36. The van der Waals surface area contributed by atoms with Crippen LogP contribution in [0, 0.1) is 0 Å². The topological polar surface area (TPSA) is 66.8 Å². The van der Waals surface area contributed by atoms with Gasteiger partial charge < -0.3 is 14.7 Å². The highest BCUT2D eigenvalue weighted by atomic mass is 16.5. The second-order valence-electron chi connectivity index (χ2n) is 5.81. The highest BCUT2D eigenvalue weighted by molar-refractivity contribution is 5.84. The first kappa shape index (κ1) is 18.7. The molecule has 0 aliphatic carbocycles. The molecule has 2 aromatic carbocycles. The molecule has 1 unspecified atom stereocenters. The summed E-state index contributed by atoms with van der Waals surface area (Å²) in [4.78, 5) is 25.1. The molecule has 2 rings (SSSR count). The number of nitrogens with zero attached hydrogens (tertiary/aromatic N) is 1. The molecule has 0 aliphatic heterocycles. The Morgan fingerprint density at radius 1 is 1.00 bits per heavy atom. The Hall–Kier alpha value is -2.66. The number of ether oxygens (including phenoxy) is 1. The van der Waals surface area contributed by atoms with E-state index in [0.29, 0.717) is 13.0 Å². The van der Waals surface area contributed by atoms with Crippen molar-refractivity contribution in [2.45, 2.75) is 25.9 Å². The number of aliphatic carboxylic acids is 1. The summed E-state index contributed by atoms with van der Waals surface area (Å²) in [7, 11) is 0. The van der Waals surface area contributed by atoms with E-state index in [0.717, 1.165) is 11.1 Å². The van der Waals surface area contributed by atoms with Crippen molar-refractivity contribution in [3.63, 3.8) is 0 Å². The molecule has 5 nitrogen and oxygen atoms in total. The van der Waals surface area contributed by atoms with Crippen molar-refractivity contribution < 1.29 is 19.4 Å². The lowest BCUT2D eigenvalue weighted by Crippen LogP contribution is -2.44. The van der Waals surface area contributed by atoms with Gasteiger partial charge in [0.15, 0.2) is 0 Å². The largest absolute Gasteiger partial charge is 0.480 e. The lowest BCUT2D eigenvalue weighted by molar-refractivity contribution is -0.152. The van der Waals surface area contributed by atoms with Crippen molar-refractivity contribution in [3.05, 3.63) is 71.8 Å². The van der Waals surface area contributed by atoms with Crippen molar-refractivity contribution >= 4 is 11.9 Å². The van der Waals surface area contributed by atoms with Gasteiger partial charge in [0, 0.05) is 6.54 Å². The third-order valence-electron chi connectivity index (χ3n) is 3.94. The van der Waals surface area contributed by atoms with Gasteiger partial charge in [-0.3, -0.25) is 4.79 Å². The monoisotopic (exact) mass is 341 g/mol. The number of amides is 1. The van der Waals surface area contributed by atoms with Crippen molar-refractivity contribution in [1.82, 2.24) is 4.90 Å². The molecule has 0 aliphatic rings. The molecule has 25 heavy (non-hydrogen) atoms. The van der Waals surface area contributed by atoms with E-state index in [1.165, 1.54) is 11.8 Å². The number of hydrogen-bond donors (Lipinski definition) is 1. The number of carbonyl (C=O) groups excluding carboxylic acids is 1. The Labute approximate surface area is 147 Å². The Bertz CT molecular complexity index is 673. The molecule has 0 fully saturated rings. The van der Waals surface area contributed by atoms with Gasteiger partial charge in [-0.05, 0) is 24.5 Å². The third kappa shape index (κ3) is 6.04. The van der Waals surface area contributed by atoms with Gasteiger partial charge in [-0.25, -0.2) is 4.79 Å². The maximum atomic E-state index is 12.4. The zero-order chi connectivity index (χ0) is 18.1. The van der Waals surface area contributed by atoms with Crippen molar-refractivity contribution in [1.29, 1.82) is 0 Å². The summed E-state index contributed by atoms with van der Waals surface area (Å²) in [6, 6.07) is 18.3. The molecule has 0 bridgehead atoms. The molecule has 132 valence electrons. The van der Waals surface area contributed by atoms with Crippen LogP contribution in [-0.4, -0.2) is 41.1 Å². The molecule has 1 atom stereocenters. The van der Waals surface area contributed by atoms with E-state index in [2.05, 4.69) is 0 Å². The van der Waals surface area contributed by atoms with Crippen LogP contribution in [0.15, 0.2) is 60.7 Å². The summed E-state index contributed by atoms with van der Waals surface area (Å²) in [6.45, 7) is 2.04. The number of hydrogen-bond acceptors (Lipinski definition) is 3. The summed E-state index contributed by atoms with van der Waals surface area (Å²) in [5.41, 5.74) is 2.02. The number of benzene rings is 2. The van der Waals surface area contributed by atoms with Gasteiger partial charge in [0.2, 0.25) is 5.91 Å². The first-order valence-electron chi connectivity index (χ1n) is 8.26. The quantitative estimate of drug-likeness (QED) is 0.712. The van der Waals surface area contributed by atoms with Gasteiger partial charge >= 0.3 is 5.97 Å². The Morgan fingerprint density at radius 2 is 1.56 bits per heavy atom. The molecular weight excluding hydrogens is 318 g/mol. The maximum Gasteiger partial charge on any atom is 0.326 e. The highest BCUT2D eigenvalue weighted by Gasteiger charge is 2.25. The van der Waals surface area contributed by atoms with Crippen molar-refractivity contribution in [3.8, 4) is 0 Å². The third-order valence-corrected chi connectivity index (χ3v) is 3.94. The predicted molar refractivity (Wildman–Crippen MR) is 95.1 cm³/mol. The van der Waals surface area contributed by atoms with Crippen LogP contribution >= 0.6 is 0 Å². The molecule has 2 aromatic rings. The zero-order valence-corrected chi connectivity index (χ0v) is 14.3. The fourth-order valence-corrected chi connectivity index (χ4v) is 2.43. The van der Waals surface area contributed by atoms with E-state index in [1.54, 1.807) is 0 Å². The average Bonchev–Trinajstić information content (AvgIpc) is 2.64. The van der Waals surface area contributed by atoms with E-state index in [-0.39, 0.29) is 19.1 Å². The van der Waals surface area contributed by atoms with E-state index in [4.69, 9.17) is 4.74 Å². The van der Waals surface area contributed by atoms with Crippen molar-refractivity contribution in [2.24, 2.45) is 0 Å². The molecule has 0 aromatic heterocycles. The summed E-state index contributed by atoms with van der Waals surface area (Å²) < 4.78 is 5.46. The lowest BCUT2D eigenvalue weighted by Gasteiger charge is -2.26. The predicted octanol–water partition coefficient (Wildman–Crippen LogP) is 2.75. The number of carboxylic acids is 1. The van der Waals surface area contributed by atoms with E-state index in [9.17, 15) is 14.7 Å². The minimum absolute atomic E-state index is 0.128. The SMILES string of the molecule is CC(C(=O)O)N(Cc1ccccc1)C(=O)COCCc1ccccc1. The van der Waals surface area contributed by atoms with Crippen LogP contribution in [0.25, 0.3) is 0 Å². The average molecular weight is 341 g/mol. The highest BCUT2D eigenvalue weighted by Crippen LogP contribution is 2.10. The first-order chi connectivity index (χ1) is 12.1. The van der Waals surface area contributed by atoms with Gasteiger partial charge in [0.25, 0.3) is 0 Å². The smallest absolute Gasteiger partial charge is 0.326 e. The van der Waals surface area contributed by atoms with Crippen molar-refractivity contribution in [2.75, 3.05) is 13.2 Å². The molecular formula is C20H23NO4. The number of carboxylic acid groups (broad SMARTS) is 1. The molecule has 0 saturated carbocycles. The van der Waals surface area contributed by atoms with Gasteiger partial charge in [-0.15, -0.1) is 0 Å². The summed E-state index contributed by atoms with van der Waals surface area (Å²) in [6.07, 6.45) is 0.710. The molecule has 0 saturated heterocycles. The molecule has 1 amide bonds. The van der Waals surface area contributed by atoms with Crippen LogP contribution < -0.4 is 0 Å². The van der Waals surface area contributed by atoms with Crippen LogP contribution in [0.3, 0.4) is 0 Å². The second-order valence-corrected chi connectivity index (χ2v) is 5.81. The van der Waals surface area contributed by atoms with Gasteiger partial charge in [-0.2, -0.15) is 0 Å². The molecule has 5 heteroatoms. The Morgan fingerprint density at radius 3 is 2.12 bits per heavy atom. The number of carbonyl (C=O) groups is 2. The van der Waals surface area contributed by atoms with E-state index >= 15 is 0 Å². The van der Waals surface area contributed by atoms with Crippen LogP contribution in [0.4, 0.5) is 0 Å². The molecule has 0 radical (unpaired) electrons.